The quantitative estimate of drug-likeness (QED) is 0.235. The lowest BCUT2D eigenvalue weighted by Crippen LogP contribution is -2.73. The van der Waals surface area contributed by atoms with Crippen molar-refractivity contribution in [3.8, 4) is 0 Å². The van der Waals surface area contributed by atoms with Crippen molar-refractivity contribution in [3.05, 3.63) is 0 Å². The Bertz CT molecular complexity index is 960. The average Bonchev–Trinajstić information content (AvgIpc) is 2.81. The number of nitrogens with one attached hydrogen (secondary N) is 1. The molecule has 5 aliphatic rings. The van der Waals surface area contributed by atoms with Gasteiger partial charge < -0.3 is 10.2 Å². The van der Waals surface area contributed by atoms with Crippen LogP contribution in [-0.2, 0) is 4.79 Å². The third-order valence-corrected chi connectivity index (χ3v) is 14.5. The monoisotopic (exact) mass is 531 g/mol. The zero-order chi connectivity index (χ0) is 27.8. The number of hydrogen-bond donors (Lipinski definition) is 3. The molecule has 0 spiro atoms. The average molecular weight is 532 g/mol. The van der Waals surface area contributed by atoms with Gasteiger partial charge in [-0.3, -0.25) is 0 Å². The number of thiocarbonyl (C=S) groups is 1. The third-order valence-electron chi connectivity index (χ3n) is 14.5. The summed E-state index contributed by atoms with van der Waals surface area (Å²) in [5.41, 5.74) is -1.34. The first-order valence-electron chi connectivity index (χ1n) is 15.0. The summed E-state index contributed by atoms with van der Waals surface area (Å²) in [7, 11) is 0. The van der Waals surface area contributed by atoms with Crippen molar-refractivity contribution < 1.29 is 15.0 Å². The molecule has 0 saturated heterocycles. The van der Waals surface area contributed by atoms with Gasteiger partial charge in [-0.1, -0.05) is 55.4 Å². The molecule has 0 heterocycles. The number of hydrogen-bond acceptors (Lipinski definition) is 4. The van der Waals surface area contributed by atoms with Gasteiger partial charge in [0.1, 0.15) is 0 Å². The van der Waals surface area contributed by atoms with Crippen molar-refractivity contribution in [2.75, 3.05) is 0 Å². The fourth-order valence-corrected chi connectivity index (χ4v) is 12.0. The lowest BCUT2D eigenvalue weighted by atomic mass is 9.30. The van der Waals surface area contributed by atoms with Crippen LogP contribution in [0.25, 0.3) is 0 Å². The van der Waals surface area contributed by atoms with Crippen LogP contribution in [0.3, 0.4) is 0 Å². The summed E-state index contributed by atoms with van der Waals surface area (Å²) in [4.78, 5) is 12.7. The van der Waals surface area contributed by atoms with E-state index >= 15 is 0 Å². The predicted octanol–water partition coefficient (Wildman–Crippen LogP) is 8.23. The molecule has 5 rings (SSSR count). The van der Waals surface area contributed by atoms with Crippen molar-refractivity contribution in [2.24, 2.45) is 62.6 Å². The molecule has 0 aromatic heterocycles. The predicted molar refractivity (Wildman–Crippen MR) is 153 cm³/mol. The van der Waals surface area contributed by atoms with E-state index in [0.29, 0.717) is 11.8 Å². The smallest absolute Gasteiger partial charge is 0.336 e. The second kappa shape index (κ2) is 9.13. The first-order valence-corrected chi connectivity index (χ1v) is 15.4. The number of rotatable bonds is 1. The first kappa shape index (κ1) is 29.2. The van der Waals surface area contributed by atoms with Crippen LogP contribution in [0.15, 0.2) is 0 Å². The maximum Gasteiger partial charge on any atom is 0.336 e. The molecule has 1 unspecified atom stereocenters. The lowest BCUT2D eigenvalue weighted by molar-refractivity contribution is -0.290. The number of carboxylic acids is 1. The summed E-state index contributed by atoms with van der Waals surface area (Å²) in [6, 6.07) is 0. The van der Waals surface area contributed by atoms with E-state index in [1.54, 1.807) is 5.16 Å². The van der Waals surface area contributed by atoms with Crippen molar-refractivity contribution >= 4 is 23.3 Å². The molecule has 0 aliphatic heterocycles. The first-order chi connectivity index (χ1) is 17.0. The third kappa shape index (κ3) is 3.72. The van der Waals surface area contributed by atoms with E-state index in [0.717, 1.165) is 42.9 Å². The minimum Gasteiger partial charge on any atom is -0.479 e. The zero-order valence-electron chi connectivity index (χ0n) is 24.7. The minimum atomic E-state index is -1.61. The fourth-order valence-electron chi connectivity index (χ4n) is 12.0. The minimum absolute atomic E-state index is 0.0773. The Kier molecular flexibility index (Phi) is 7.21. The Balaban J connectivity index is 0.00000102. The van der Waals surface area contributed by atoms with E-state index in [1.165, 1.54) is 38.5 Å². The molecule has 0 amide bonds. The van der Waals surface area contributed by atoms with Crippen molar-refractivity contribution in [1.29, 1.82) is 5.41 Å². The van der Waals surface area contributed by atoms with Crippen molar-refractivity contribution in [2.45, 2.75) is 125 Å². The Morgan fingerprint density at radius 1 is 0.838 bits per heavy atom. The second-order valence-electron chi connectivity index (χ2n) is 15.8. The van der Waals surface area contributed by atoms with Gasteiger partial charge >= 0.3 is 5.97 Å². The van der Waals surface area contributed by atoms with Crippen LogP contribution in [0, 0.1) is 68.0 Å². The van der Waals surface area contributed by atoms with Crippen LogP contribution in [0.4, 0.5) is 0 Å². The summed E-state index contributed by atoms with van der Waals surface area (Å²) in [5, 5.41) is 29.8. The fraction of sp³-hybridized carbons (Fsp3) is 0.938. The van der Waals surface area contributed by atoms with Gasteiger partial charge in [-0.05, 0) is 134 Å². The molecule has 0 radical (unpaired) electrons. The van der Waals surface area contributed by atoms with Gasteiger partial charge in [-0.25, -0.2) is 10.2 Å². The number of carbonyl (C=O) groups is 1. The molecule has 5 heteroatoms. The van der Waals surface area contributed by atoms with E-state index in [2.05, 4.69) is 67.6 Å². The number of fused-ring (bicyclic) bond motifs is 7. The highest BCUT2D eigenvalue weighted by Gasteiger charge is 2.74. The standard InChI is InChI=1S/C31H52O3.CHNS/c1-19-11-13-27(5)16-17-28(6)21(24(27)20(19)2)9-10-23-29(28,7)14-12-22-26(3,4)15-18-31(34,25(32)33)30(22,23)8;2-1-3/h19-24,34H,9-18H2,1-8H3,(H,32,33);2H/t19-,20+,21-,22+,23+,24+,27-,28-,29-,30+,31?;/m1./s1. The van der Waals surface area contributed by atoms with Crippen LogP contribution in [0.2, 0.25) is 0 Å². The normalized spacial score (nSPS) is 54.1. The molecule has 5 saturated carbocycles. The Labute approximate surface area is 231 Å². The summed E-state index contributed by atoms with van der Waals surface area (Å²) in [5.74, 6) is 2.62. The highest BCUT2D eigenvalue weighted by Crippen LogP contribution is 2.78. The van der Waals surface area contributed by atoms with E-state index < -0.39 is 17.0 Å². The summed E-state index contributed by atoms with van der Waals surface area (Å²) in [6.07, 6.45) is 11.1. The largest absolute Gasteiger partial charge is 0.479 e. The van der Waals surface area contributed by atoms with E-state index in [1.807, 2.05) is 0 Å². The molecular weight excluding hydrogens is 478 g/mol. The van der Waals surface area contributed by atoms with Gasteiger partial charge in [-0.2, -0.15) is 0 Å². The lowest BCUT2D eigenvalue weighted by Gasteiger charge is -2.75. The van der Waals surface area contributed by atoms with Crippen molar-refractivity contribution in [3.63, 3.8) is 0 Å². The molecule has 3 N–H and O–H groups in total. The molecule has 4 nitrogen and oxygen atoms in total. The molecular formula is C32H53NO3S. The summed E-state index contributed by atoms with van der Waals surface area (Å²) >= 11 is 3.81. The van der Waals surface area contributed by atoms with E-state index in [9.17, 15) is 15.0 Å². The van der Waals surface area contributed by atoms with Crippen LogP contribution in [0.1, 0.15) is 120 Å². The zero-order valence-corrected chi connectivity index (χ0v) is 25.6. The molecule has 0 aromatic carbocycles. The number of carboxylic acid groups (broad SMARTS) is 1. The molecule has 0 aromatic rings. The van der Waals surface area contributed by atoms with Crippen LogP contribution < -0.4 is 0 Å². The summed E-state index contributed by atoms with van der Waals surface area (Å²) in [6.45, 7) is 19.6. The van der Waals surface area contributed by atoms with Crippen molar-refractivity contribution in [1.82, 2.24) is 0 Å². The van der Waals surface area contributed by atoms with Crippen LogP contribution >= 0.6 is 12.2 Å². The molecule has 0 bridgehead atoms. The maximum absolute atomic E-state index is 12.7. The molecule has 5 fully saturated rings. The van der Waals surface area contributed by atoms with Crippen LogP contribution in [-0.4, -0.2) is 26.9 Å². The Morgan fingerprint density at radius 3 is 2.05 bits per heavy atom. The van der Waals surface area contributed by atoms with Gasteiger partial charge in [0.15, 0.2) is 5.60 Å². The molecule has 37 heavy (non-hydrogen) atoms. The van der Waals surface area contributed by atoms with Gasteiger partial charge in [0.25, 0.3) is 0 Å². The second-order valence-corrected chi connectivity index (χ2v) is 16.0. The SMILES string of the molecule is C[C@@H]1[C@H]2[C@H]3CC[C@@H]4[C@]5(C)[C@@H](CC[C@@]4(C)[C@]3(C)CC[C@@]2(C)CC[C@H]1C)C(C)(C)CCC5(O)C(=O)O.N=C=S. The highest BCUT2D eigenvalue weighted by atomic mass is 32.1. The van der Waals surface area contributed by atoms with Gasteiger partial charge in [-0.15, -0.1) is 0 Å². The molecule has 11 atom stereocenters. The maximum atomic E-state index is 12.7. The topological polar surface area (TPSA) is 81.4 Å². The van der Waals surface area contributed by atoms with Gasteiger partial charge in [0, 0.05) is 5.41 Å². The van der Waals surface area contributed by atoms with Gasteiger partial charge in [0.05, 0.1) is 5.16 Å². The summed E-state index contributed by atoms with van der Waals surface area (Å²) < 4.78 is 0. The Hall–Kier alpha value is -0.770. The van der Waals surface area contributed by atoms with E-state index in [4.69, 9.17) is 5.41 Å². The number of aliphatic carboxylic acids is 1. The number of isothiocyanates is 1. The van der Waals surface area contributed by atoms with Crippen LogP contribution in [0.5, 0.6) is 0 Å². The van der Waals surface area contributed by atoms with Gasteiger partial charge in [0.2, 0.25) is 0 Å². The molecule has 5 aliphatic carbocycles. The molecule has 210 valence electrons. The highest BCUT2D eigenvalue weighted by molar-refractivity contribution is 7.78. The van der Waals surface area contributed by atoms with E-state index in [-0.39, 0.29) is 28.1 Å². The number of aliphatic hydroxyl groups is 1. The Morgan fingerprint density at radius 2 is 1.46 bits per heavy atom.